The molecule has 0 aliphatic heterocycles. The van der Waals surface area contributed by atoms with Gasteiger partial charge in [0, 0.05) is 23.6 Å². The Bertz CT molecular complexity index is 1410. The van der Waals surface area contributed by atoms with Gasteiger partial charge in [0.15, 0.2) is 0 Å². The molecule has 0 atom stereocenters. The van der Waals surface area contributed by atoms with Gasteiger partial charge in [-0.15, -0.1) is 0 Å². The van der Waals surface area contributed by atoms with Crippen LogP contribution in [-0.2, 0) is 17.5 Å². The molecule has 0 aliphatic carbocycles. The Balaban J connectivity index is 1.54. The SMILES string of the molecule is CCOc1ccc(-c2cc3c(=O)n(CC(=O)Nc4ccc(Cl)c(C(F)(F)F)c4)ccn3n2)cc1. The first-order valence-electron chi connectivity index (χ1n) is 10.1. The number of hydrogen-bond acceptors (Lipinski definition) is 4. The van der Waals surface area contributed by atoms with Gasteiger partial charge in [0.25, 0.3) is 5.56 Å². The Hall–Kier alpha value is -3.79. The highest BCUT2D eigenvalue weighted by Crippen LogP contribution is 2.36. The van der Waals surface area contributed by atoms with E-state index in [0.717, 1.165) is 22.3 Å². The predicted molar refractivity (Wildman–Crippen MR) is 121 cm³/mol. The molecule has 2 heterocycles. The van der Waals surface area contributed by atoms with E-state index in [1.165, 1.54) is 23.0 Å². The van der Waals surface area contributed by atoms with Crippen LogP contribution in [0, 0.1) is 0 Å². The largest absolute Gasteiger partial charge is 0.494 e. The maximum absolute atomic E-state index is 13.0. The number of ether oxygens (including phenoxy) is 1. The molecule has 0 spiro atoms. The Morgan fingerprint density at radius 1 is 1.12 bits per heavy atom. The number of anilines is 1. The maximum Gasteiger partial charge on any atom is 0.417 e. The van der Waals surface area contributed by atoms with E-state index in [0.29, 0.717) is 18.1 Å². The molecule has 4 rings (SSSR count). The zero-order valence-electron chi connectivity index (χ0n) is 17.8. The fraction of sp³-hybridized carbons (Fsp3) is 0.174. The fourth-order valence-corrected chi connectivity index (χ4v) is 3.58. The molecule has 0 radical (unpaired) electrons. The van der Waals surface area contributed by atoms with Crippen LogP contribution in [0.3, 0.4) is 0 Å². The molecule has 0 unspecified atom stereocenters. The first-order chi connectivity index (χ1) is 16.2. The van der Waals surface area contributed by atoms with E-state index in [1.807, 2.05) is 19.1 Å². The van der Waals surface area contributed by atoms with Crippen molar-refractivity contribution < 1.29 is 22.7 Å². The van der Waals surface area contributed by atoms with Crippen LogP contribution >= 0.6 is 11.6 Å². The molecule has 0 fully saturated rings. The summed E-state index contributed by atoms with van der Waals surface area (Å²) >= 11 is 5.60. The number of benzene rings is 2. The third kappa shape index (κ3) is 4.91. The molecular weight excluding hydrogens is 473 g/mol. The number of rotatable bonds is 6. The topological polar surface area (TPSA) is 77.6 Å². The average molecular weight is 491 g/mol. The number of aromatic nitrogens is 3. The second kappa shape index (κ2) is 9.22. The maximum atomic E-state index is 13.0. The van der Waals surface area contributed by atoms with E-state index >= 15 is 0 Å². The van der Waals surface area contributed by atoms with Crippen molar-refractivity contribution in [2.45, 2.75) is 19.6 Å². The van der Waals surface area contributed by atoms with Crippen molar-refractivity contribution in [3.63, 3.8) is 0 Å². The molecular formula is C23H18ClF3N4O3. The van der Waals surface area contributed by atoms with Crippen LogP contribution in [0.2, 0.25) is 5.02 Å². The van der Waals surface area contributed by atoms with Crippen LogP contribution in [0.5, 0.6) is 5.75 Å². The predicted octanol–water partition coefficient (Wildman–Crippen LogP) is 4.87. The lowest BCUT2D eigenvalue weighted by Crippen LogP contribution is -2.28. The van der Waals surface area contributed by atoms with Gasteiger partial charge in [0.2, 0.25) is 5.91 Å². The summed E-state index contributed by atoms with van der Waals surface area (Å²) in [6, 6.07) is 11.9. The lowest BCUT2D eigenvalue weighted by Gasteiger charge is -2.12. The molecule has 2 aromatic heterocycles. The summed E-state index contributed by atoms with van der Waals surface area (Å²) in [5.41, 5.74) is -0.0497. The molecule has 7 nitrogen and oxygen atoms in total. The van der Waals surface area contributed by atoms with Crippen LogP contribution in [0.4, 0.5) is 18.9 Å². The molecule has 0 saturated heterocycles. The van der Waals surface area contributed by atoms with Crippen molar-refractivity contribution >= 4 is 28.7 Å². The normalized spacial score (nSPS) is 11.6. The van der Waals surface area contributed by atoms with Gasteiger partial charge in [-0.25, -0.2) is 4.52 Å². The van der Waals surface area contributed by atoms with Gasteiger partial charge < -0.3 is 14.6 Å². The second-order valence-corrected chi connectivity index (χ2v) is 7.70. The third-order valence-corrected chi connectivity index (χ3v) is 5.26. The molecule has 0 aliphatic rings. The highest BCUT2D eigenvalue weighted by Gasteiger charge is 2.33. The smallest absolute Gasteiger partial charge is 0.417 e. The quantitative estimate of drug-likeness (QED) is 0.418. The number of amides is 1. The van der Waals surface area contributed by atoms with Gasteiger partial charge >= 0.3 is 6.18 Å². The van der Waals surface area contributed by atoms with E-state index in [1.54, 1.807) is 18.2 Å². The van der Waals surface area contributed by atoms with Crippen molar-refractivity contribution in [1.82, 2.24) is 14.2 Å². The molecule has 0 saturated carbocycles. The van der Waals surface area contributed by atoms with E-state index in [2.05, 4.69) is 10.4 Å². The van der Waals surface area contributed by atoms with E-state index < -0.39 is 34.8 Å². The number of nitrogens with zero attached hydrogens (tertiary/aromatic N) is 3. The van der Waals surface area contributed by atoms with Crippen molar-refractivity contribution in [2.24, 2.45) is 0 Å². The Kier molecular flexibility index (Phi) is 6.34. The summed E-state index contributed by atoms with van der Waals surface area (Å²) in [7, 11) is 0. The van der Waals surface area contributed by atoms with Crippen LogP contribution in [0.1, 0.15) is 12.5 Å². The number of nitrogens with one attached hydrogen (secondary N) is 1. The summed E-state index contributed by atoms with van der Waals surface area (Å²) in [6.07, 6.45) is -1.76. The zero-order chi connectivity index (χ0) is 24.5. The standard InChI is InChI=1S/C23H18ClF3N4O3/c1-2-34-16-6-3-14(4-7-16)19-12-20-22(33)30(9-10-31(20)29-19)13-21(32)28-15-5-8-18(24)17(11-15)23(25,26)27/h3-12H,2,13H2,1H3,(H,28,32). The minimum atomic E-state index is -4.66. The summed E-state index contributed by atoms with van der Waals surface area (Å²) in [5.74, 6) is 0.0413. The number of carbonyl (C=O) groups is 1. The van der Waals surface area contributed by atoms with Crippen LogP contribution in [0.25, 0.3) is 16.8 Å². The zero-order valence-corrected chi connectivity index (χ0v) is 18.5. The van der Waals surface area contributed by atoms with E-state index in [4.69, 9.17) is 16.3 Å². The van der Waals surface area contributed by atoms with Crippen molar-refractivity contribution in [2.75, 3.05) is 11.9 Å². The number of fused-ring (bicyclic) bond motifs is 1. The van der Waals surface area contributed by atoms with Gasteiger partial charge in [-0.05, 0) is 55.5 Å². The summed E-state index contributed by atoms with van der Waals surface area (Å²) in [6.45, 7) is 2.03. The van der Waals surface area contributed by atoms with Crippen molar-refractivity contribution in [3.8, 4) is 17.0 Å². The van der Waals surface area contributed by atoms with Crippen molar-refractivity contribution in [1.29, 1.82) is 0 Å². The highest BCUT2D eigenvalue weighted by molar-refractivity contribution is 6.31. The molecule has 176 valence electrons. The van der Waals surface area contributed by atoms with Gasteiger partial charge in [-0.1, -0.05) is 11.6 Å². The Morgan fingerprint density at radius 2 is 1.85 bits per heavy atom. The van der Waals surface area contributed by atoms with Gasteiger partial charge in [0.05, 0.1) is 22.9 Å². The third-order valence-electron chi connectivity index (χ3n) is 4.93. The fourth-order valence-electron chi connectivity index (χ4n) is 3.36. The Morgan fingerprint density at radius 3 is 2.53 bits per heavy atom. The monoisotopic (exact) mass is 490 g/mol. The van der Waals surface area contributed by atoms with Gasteiger partial charge in [-0.2, -0.15) is 18.3 Å². The summed E-state index contributed by atoms with van der Waals surface area (Å²) < 4.78 is 47.1. The van der Waals surface area contributed by atoms with E-state index in [9.17, 15) is 22.8 Å². The molecule has 34 heavy (non-hydrogen) atoms. The lowest BCUT2D eigenvalue weighted by molar-refractivity contribution is -0.137. The molecule has 0 bridgehead atoms. The number of alkyl halides is 3. The van der Waals surface area contributed by atoms with E-state index in [-0.39, 0.29) is 11.2 Å². The van der Waals surface area contributed by atoms with Gasteiger partial charge in [-0.3, -0.25) is 9.59 Å². The minimum Gasteiger partial charge on any atom is -0.494 e. The molecule has 4 aromatic rings. The number of carbonyl (C=O) groups excluding carboxylic acids is 1. The van der Waals surface area contributed by atoms with Crippen LogP contribution in [0.15, 0.2) is 65.7 Å². The Labute approximate surface area is 196 Å². The second-order valence-electron chi connectivity index (χ2n) is 7.29. The summed E-state index contributed by atoms with van der Waals surface area (Å²) in [4.78, 5) is 25.3. The average Bonchev–Trinajstić information content (AvgIpc) is 3.22. The minimum absolute atomic E-state index is 0.0852. The molecule has 2 aromatic carbocycles. The highest BCUT2D eigenvalue weighted by atomic mass is 35.5. The first-order valence-corrected chi connectivity index (χ1v) is 10.5. The molecule has 11 heteroatoms. The first kappa shape index (κ1) is 23.4. The number of halogens is 4. The lowest BCUT2D eigenvalue weighted by atomic mass is 10.1. The molecule has 1 N–H and O–H groups in total. The number of hydrogen-bond donors (Lipinski definition) is 1. The van der Waals surface area contributed by atoms with Gasteiger partial charge in [0.1, 0.15) is 17.8 Å². The summed E-state index contributed by atoms with van der Waals surface area (Å²) in [5, 5.41) is 6.28. The molecule has 1 amide bonds. The van der Waals surface area contributed by atoms with Crippen LogP contribution in [-0.4, -0.2) is 26.7 Å². The van der Waals surface area contributed by atoms with Crippen LogP contribution < -0.4 is 15.6 Å². The van der Waals surface area contributed by atoms with Crippen molar-refractivity contribution in [3.05, 3.63) is 81.9 Å².